The first kappa shape index (κ1) is 27.0. The van der Waals surface area contributed by atoms with Crippen LogP contribution in [-0.4, -0.2) is 47.8 Å². The van der Waals surface area contributed by atoms with E-state index in [1.165, 1.54) is 0 Å². The summed E-state index contributed by atoms with van der Waals surface area (Å²) >= 11 is 12.7. The van der Waals surface area contributed by atoms with E-state index in [9.17, 15) is 14.4 Å². The van der Waals surface area contributed by atoms with Crippen molar-refractivity contribution in [3.05, 3.63) is 63.6 Å². The largest absolute Gasteiger partial charge is 0.369 e. The highest BCUT2D eigenvalue weighted by atomic mass is 35.5. The number of fused-ring (bicyclic) bond motifs is 1. The van der Waals surface area contributed by atoms with Crippen LogP contribution in [0.1, 0.15) is 56.1 Å². The molecule has 0 radical (unpaired) electrons. The normalized spacial score (nSPS) is 23.1. The van der Waals surface area contributed by atoms with Crippen LogP contribution < -0.4 is 16.4 Å². The molecule has 1 saturated heterocycles. The van der Waals surface area contributed by atoms with E-state index < -0.39 is 11.0 Å². The number of rotatable bonds is 7. The Balaban J connectivity index is 1.50. The van der Waals surface area contributed by atoms with Crippen molar-refractivity contribution in [2.45, 2.75) is 62.3 Å². The number of likely N-dealkylation sites (tertiary alicyclic amines) is 1. The highest BCUT2D eigenvalue weighted by Gasteiger charge is 2.60. The summed E-state index contributed by atoms with van der Waals surface area (Å²) in [6, 6.07) is 13.2. The Bertz CT molecular complexity index is 1240. The summed E-state index contributed by atoms with van der Waals surface area (Å²) in [5, 5.41) is 7.95. The number of nitrogens with zero attached hydrogens (tertiary/aromatic N) is 1. The lowest BCUT2D eigenvalue weighted by Gasteiger charge is -2.51. The minimum absolute atomic E-state index is 0.0227. The minimum Gasteiger partial charge on any atom is -0.369 e. The molecule has 202 valence electrons. The van der Waals surface area contributed by atoms with Gasteiger partial charge in [0.25, 0.3) is 0 Å². The summed E-state index contributed by atoms with van der Waals surface area (Å²) in [6.07, 6.45) is 6.14. The molecule has 38 heavy (non-hydrogen) atoms. The number of benzene rings is 2. The molecule has 0 aromatic heterocycles. The predicted molar refractivity (Wildman–Crippen MR) is 149 cm³/mol. The van der Waals surface area contributed by atoms with Gasteiger partial charge in [0, 0.05) is 40.3 Å². The molecule has 0 spiro atoms. The second-order valence-electron chi connectivity index (χ2n) is 10.9. The van der Waals surface area contributed by atoms with E-state index in [1.54, 1.807) is 11.0 Å². The maximum atomic E-state index is 14.1. The van der Waals surface area contributed by atoms with Gasteiger partial charge < -0.3 is 21.3 Å². The molecule has 2 fully saturated rings. The lowest BCUT2D eigenvalue weighted by atomic mass is 9.57. The third-order valence-corrected chi connectivity index (χ3v) is 9.26. The van der Waals surface area contributed by atoms with Gasteiger partial charge in [0.05, 0.1) is 12.0 Å². The predicted octanol–water partition coefficient (Wildman–Crippen LogP) is 4.44. The van der Waals surface area contributed by atoms with E-state index in [-0.39, 0.29) is 30.2 Å². The molecule has 1 unspecified atom stereocenters. The first-order chi connectivity index (χ1) is 18.2. The number of hydrogen-bond donors (Lipinski definition) is 3. The van der Waals surface area contributed by atoms with Crippen molar-refractivity contribution in [3.63, 3.8) is 0 Å². The molecular formula is C29H34Cl2N4O3. The molecule has 5 rings (SSSR count). The number of carbonyl (C=O) groups is 3. The summed E-state index contributed by atoms with van der Waals surface area (Å²) in [7, 11) is 0. The molecule has 4 N–H and O–H groups in total. The standard InChI is InChI=1S/C29H34Cl2N4O3/c30-21-6-4-5-19(15-21)17-29(23-8-7-22(31)16-24(23)34-27(29)38)28(11-2-1-3-12-28)33-18-25(36)35-13-9-20(10-14-35)26(32)37/h4-8,15-16,20,33H,1-3,9-14,17-18H2,(H2,32,37)(H,34,38). The van der Waals surface area contributed by atoms with Gasteiger partial charge in [0.15, 0.2) is 0 Å². The van der Waals surface area contributed by atoms with Gasteiger partial charge in [-0.15, -0.1) is 0 Å². The summed E-state index contributed by atoms with van der Waals surface area (Å²) in [6.45, 7) is 1.14. The molecule has 1 atom stereocenters. The number of nitrogens with two attached hydrogens (primary N) is 1. The van der Waals surface area contributed by atoms with Crippen LogP contribution in [0.3, 0.4) is 0 Å². The summed E-state index contributed by atoms with van der Waals surface area (Å²) in [5.41, 5.74) is 6.46. The Morgan fingerprint density at radius 3 is 2.42 bits per heavy atom. The molecule has 9 heteroatoms. The van der Waals surface area contributed by atoms with Gasteiger partial charge >= 0.3 is 0 Å². The summed E-state index contributed by atoms with van der Waals surface area (Å²) in [5.74, 6) is -0.585. The zero-order chi connectivity index (χ0) is 26.9. The molecule has 1 saturated carbocycles. The lowest BCUT2D eigenvalue weighted by Crippen LogP contribution is -2.66. The molecule has 3 amide bonds. The first-order valence-corrected chi connectivity index (χ1v) is 14.2. The number of amides is 3. The van der Waals surface area contributed by atoms with Gasteiger partial charge in [-0.1, -0.05) is 60.7 Å². The fourth-order valence-corrected chi connectivity index (χ4v) is 7.18. The van der Waals surface area contributed by atoms with Crippen molar-refractivity contribution >= 4 is 46.6 Å². The van der Waals surface area contributed by atoms with Gasteiger partial charge in [0.1, 0.15) is 0 Å². The number of halogens is 2. The fraction of sp³-hybridized carbons (Fsp3) is 0.483. The average Bonchev–Trinajstić information content (AvgIpc) is 3.19. The molecule has 2 aromatic rings. The molecule has 2 aromatic carbocycles. The third-order valence-electron chi connectivity index (χ3n) is 8.79. The fourth-order valence-electron chi connectivity index (χ4n) is 6.80. The second kappa shape index (κ2) is 10.9. The van der Waals surface area contributed by atoms with Gasteiger partial charge in [-0.2, -0.15) is 0 Å². The van der Waals surface area contributed by atoms with E-state index in [1.807, 2.05) is 36.4 Å². The van der Waals surface area contributed by atoms with Crippen LogP contribution in [-0.2, 0) is 26.2 Å². The molecular weight excluding hydrogens is 523 g/mol. The third kappa shape index (κ3) is 4.92. The highest BCUT2D eigenvalue weighted by molar-refractivity contribution is 6.31. The Labute approximate surface area is 233 Å². The summed E-state index contributed by atoms with van der Waals surface area (Å²) < 4.78 is 0. The summed E-state index contributed by atoms with van der Waals surface area (Å²) in [4.78, 5) is 40.9. The van der Waals surface area contributed by atoms with Crippen molar-refractivity contribution in [1.82, 2.24) is 10.2 Å². The number of piperidine rings is 1. The second-order valence-corrected chi connectivity index (χ2v) is 11.8. The molecule has 3 aliphatic rings. The van der Waals surface area contributed by atoms with Gasteiger partial charge in [-0.05, 0) is 67.5 Å². The van der Waals surface area contributed by atoms with Gasteiger partial charge in [-0.25, -0.2) is 0 Å². The number of anilines is 1. The van der Waals surface area contributed by atoms with E-state index in [4.69, 9.17) is 28.9 Å². The molecule has 0 bridgehead atoms. The Morgan fingerprint density at radius 2 is 1.74 bits per heavy atom. The van der Waals surface area contributed by atoms with Crippen molar-refractivity contribution in [2.24, 2.45) is 11.7 Å². The molecule has 2 heterocycles. The van der Waals surface area contributed by atoms with Gasteiger partial charge in [-0.3, -0.25) is 14.4 Å². The first-order valence-electron chi connectivity index (χ1n) is 13.4. The lowest BCUT2D eigenvalue weighted by molar-refractivity contribution is -0.135. The SMILES string of the molecule is NC(=O)C1CCN(C(=O)CNC2(C3(Cc4cccc(Cl)c4)C(=O)Nc4cc(Cl)ccc43)CCCCC2)CC1. The van der Waals surface area contributed by atoms with Crippen LogP contribution in [0.4, 0.5) is 5.69 Å². The minimum atomic E-state index is -0.947. The monoisotopic (exact) mass is 556 g/mol. The van der Waals surface area contributed by atoms with Crippen LogP contribution in [0, 0.1) is 5.92 Å². The quantitative estimate of drug-likeness (QED) is 0.468. The van der Waals surface area contributed by atoms with Crippen molar-refractivity contribution in [2.75, 3.05) is 25.0 Å². The maximum absolute atomic E-state index is 14.1. The van der Waals surface area contributed by atoms with Crippen molar-refractivity contribution < 1.29 is 14.4 Å². The molecule has 7 nitrogen and oxygen atoms in total. The number of primary amides is 1. The van der Waals surface area contributed by atoms with E-state index in [2.05, 4.69) is 10.6 Å². The highest BCUT2D eigenvalue weighted by Crippen LogP contribution is 2.53. The van der Waals surface area contributed by atoms with E-state index in [0.29, 0.717) is 42.4 Å². The smallest absolute Gasteiger partial charge is 0.237 e. The Kier molecular flexibility index (Phi) is 7.72. The van der Waals surface area contributed by atoms with Crippen molar-refractivity contribution in [1.29, 1.82) is 0 Å². The van der Waals surface area contributed by atoms with Crippen LogP contribution in [0.5, 0.6) is 0 Å². The molecule has 2 aliphatic heterocycles. The number of nitrogens with one attached hydrogen (secondary N) is 2. The Morgan fingerprint density at radius 1 is 1.03 bits per heavy atom. The van der Waals surface area contributed by atoms with E-state index in [0.717, 1.165) is 48.9 Å². The Hall–Kier alpha value is -2.61. The topological polar surface area (TPSA) is 105 Å². The van der Waals surface area contributed by atoms with Crippen LogP contribution in [0.15, 0.2) is 42.5 Å². The molecule has 1 aliphatic carbocycles. The zero-order valence-electron chi connectivity index (χ0n) is 21.4. The average molecular weight is 558 g/mol. The van der Waals surface area contributed by atoms with Crippen LogP contribution >= 0.6 is 23.2 Å². The number of carbonyl (C=O) groups excluding carboxylic acids is 3. The van der Waals surface area contributed by atoms with Crippen LogP contribution in [0.25, 0.3) is 0 Å². The zero-order valence-corrected chi connectivity index (χ0v) is 22.9. The van der Waals surface area contributed by atoms with E-state index >= 15 is 0 Å². The maximum Gasteiger partial charge on any atom is 0.237 e. The number of hydrogen-bond acceptors (Lipinski definition) is 4. The van der Waals surface area contributed by atoms with Crippen molar-refractivity contribution in [3.8, 4) is 0 Å². The van der Waals surface area contributed by atoms with Crippen LogP contribution in [0.2, 0.25) is 10.0 Å². The van der Waals surface area contributed by atoms with Gasteiger partial charge in [0.2, 0.25) is 17.7 Å².